The number of nitrogens with zero attached hydrogens (tertiary/aromatic N) is 2. The SMILES string of the molecule is CCCS(=O)(=O)NCCn1ccc(C(F)(F)F)n1. The van der Waals surface area contributed by atoms with E-state index in [2.05, 4.69) is 9.82 Å². The molecule has 104 valence electrons. The lowest BCUT2D eigenvalue weighted by atomic mass is 10.4. The zero-order valence-electron chi connectivity index (χ0n) is 9.74. The monoisotopic (exact) mass is 285 g/mol. The maximum absolute atomic E-state index is 12.2. The first-order valence-corrected chi connectivity index (χ1v) is 6.98. The predicted octanol–water partition coefficient (Wildman–Crippen LogP) is 1.23. The summed E-state index contributed by atoms with van der Waals surface area (Å²) in [7, 11) is -3.34. The Morgan fingerprint density at radius 2 is 2.11 bits per heavy atom. The van der Waals surface area contributed by atoms with E-state index in [1.807, 2.05) is 0 Å². The Bertz CT molecular complexity index is 481. The molecule has 0 aliphatic rings. The molecule has 1 heterocycles. The van der Waals surface area contributed by atoms with E-state index in [0.29, 0.717) is 6.42 Å². The van der Waals surface area contributed by atoms with Gasteiger partial charge in [-0.2, -0.15) is 18.3 Å². The molecule has 0 saturated heterocycles. The maximum atomic E-state index is 12.2. The van der Waals surface area contributed by atoms with Crippen LogP contribution < -0.4 is 4.72 Å². The van der Waals surface area contributed by atoms with Crippen LogP contribution in [0.2, 0.25) is 0 Å². The van der Waals surface area contributed by atoms with E-state index in [9.17, 15) is 21.6 Å². The molecule has 5 nitrogen and oxygen atoms in total. The van der Waals surface area contributed by atoms with Crippen molar-refractivity contribution in [1.82, 2.24) is 14.5 Å². The summed E-state index contributed by atoms with van der Waals surface area (Å²) in [5.74, 6) is -0.0000910. The van der Waals surface area contributed by atoms with Crippen LogP contribution in [-0.2, 0) is 22.7 Å². The number of hydrogen-bond acceptors (Lipinski definition) is 3. The topological polar surface area (TPSA) is 64.0 Å². The summed E-state index contributed by atoms with van der Waals surface area (Å²) in [5, 5.41) is 3.30. The Morgan fingerprint density at radius 1 is 1.44 bits per heavy atom. The first-order valence-electron chi connectivity index (χ1n) is 5.32. The van der Waals surface area contributed by atoms with Crippen LogP contribution in [0, 0.1) is 0 Å². The highest BCUT2D eigenvalue weighted by atomic mass is 32.2. The highest BCUT2D eigenvalue weighted by Crippen LogP contribution is 2.27. The van der Waals surface area contributed by atoms with Crippen LogP contribution >= 0.6 is 0 Å². The Labute approximate surface area is 103 Å². The first kappa shape index (κ1) is 15.0. The first-order chi connectivity index (χ1) is 8.24. The number of halogens is 3. The van der Waals surface area contributed by atoms with E-state index < -0.39 is 21.9 Å². The van der Waals surface area contributed by atoms with Gasteiger partial charge in [0.25, 0.3) is 0 Å². The summed E-state index contributed by atoms with van der Waals surface area (Å²) in [4.78, 5) is 0. The molecular formula is C9H14F3N3O2S. The molecule has 0 bridgehead atoms. The second kappa shape index (κ2) is 5.70. The summed E-state index contributed by atoms with van der Waals surface area (Å²) < 4.78 is 62.5. The standard InChI is InChI=1S/C9H14F3N3O2S/c1-2-7-18(16,17)13-4-6-15-5-3-8(14-15)9(10,11)12/h3,5,13H,2,4,6-7H2,1H3. The van der Waals surface area contributed by atoms with E-state index >= 15 is 0 Å². The molecule has 1 aromatic rings. The molecule has 1 rings (SSSR count). The fourth-order valence-electron chi connectivity index (χ4n) is 1.29. The lowest BCUT2D eigenvalue weighted by molar-refractivity contribution is -0.141. The summed E-state index contributed by atoms with van der Waals surface area (Å²) in [6, 6.07) is 0.848. The third kappa shape index (κ3) is 4.65. The van der Waals surface area contributed by atoms with E-state index in [0.717, 1.165) is 16.9 Å². The maximum Gasteiger partial charge on any atom is 0.435 e. The van der Waals surface area contributed by atoms with Crippen molar-refractivity contribution in [1.29, 1.82) is 0 Å². The van der Waals surface area contributed by atoms with Crippen molar-refractivity contribution in [3.05, 3.63) is 18.0 Å². The van der Waals surface area contributed by atoms with Gasteiger partial charge in [0, 0.05) is 12.7 Å². The second-order valence-corrected chi connectivity index (χ2v) is 5.60. The molecule has 0 radical (unpaired) electrons. The van der Waals surface area contributed by atoms with Crippen molar-refractivity contribution in [2.75, 3.05) is 12.3 Å². The van der Waals surface area contributed by atoms with Crippen LogP contribution in [-0.4, -0.2) is 30.5 Å². The predicted molar refractivity (Wildman–Crippen MR) is 59.3 cm³/mol. The summed E-state index contributed by atoms with van der Waals surface area (Å²) >= 11 is 0. The van der Waals surface area contributed by atoms with E-state index in [4.69, 9.17) is 0 Å². The lowest BCUT2D eigenvalue weighted by Gasteiger charge is -2.05. The van der Waals surface area contributed by atoms with E-state index in [-0.39, 0.29) is 18.8 Å². The largest absolute Gasteiger partial charge is 0.435 e. The van der Waals surface area contributed by atoms with Crippen LogP contribution in [0.5, 0.6) is 0 Å². The fourth-order valence-corrected chi connectivity index (χ4v) is 2.38. The molecule has 1 N–H and O–H groups in total. The molecule has 1 aromatic heterocycles. The van der Waals surface area contributed by atoms with Gasteiger partial charge in [0.15, 0.2) is 5.69 Å². The Balaban J connectivity index is 2.48. The number of aromatic nitrogens is 2. The molecule has 0 unspecified atom stereocenters. The van der Waals surface area contributed by atoms with Crippen LogP contribution in [0.3, 0.4) is 0 Å². The number of alkyl halides is 3. The highest BCUT2D eigenvalue weighted by Gasteiger charge is 2.33. The van der Waals surface area contributed by atoms with Crippen molar-refractivity contribution in [3.63, 3.8) is 0 Å². The van der Waals surface area contributed by atoms with Gasteiger partial charge in [-0.15, -0.1) is 0 Å². The van der Waals surface area contributed by atoms with Gasteiger partial charge in [-0.3, -0.25) is 4.68 Å². The number of nitrogens with one attached hydrogen (secondary N) is 1. The van der Waals surface area contributed by atoms with Crippen LogP contribution in [0.4, 0.5) is 13.2 Å². The molecule has 9 heteroatoms. The zero-order chi connectivity index (χ0) is 13.8. The van der Waals surface area contributed by atoms with Gasteiger partial charge in [0.2, 0.25) is 10.0 Å². The van der Waals surface area contributed by atoms with Gasteiger partial charge in [0.1, 0.15) is 0 Å². The molecule has 18 heavy (non-hydrogen) atoms. The van der Waals surface area contributed by atoms with Gasteiger partial charge in [0.05, 0.1) is 12.3 Å². The van der Waals surface area contributed by atoms with Crippen LogP contribution in [0.15, 0.2) is 12.3 Å². The number of sulfonamides is 1. The van der Waals surface area contributed by atoms with E-state index in [1.54, 1.807) is 6.92 Å². The summed E-state index contributed by atoms with van der Waals surface area (Å²) in [5.41, 5.74) is -0.987. The number of hydrogen-bond donors (Lipinski definition) is 1. The highest BCUT2D eigenvalue weighted by molar-refractivity contribution is 7.89. The second-order valence-electron chi connectivity index (χ2n) is 3.68. The minimum atomic E-state index is -4.48. The average Bonchev–Trinajstić information content (AvgIpc) is 2.65. The smallest absolute Gasteiger partial charge is 0.271 e. The Kier molecular flexibility index (Phi) is 4.74. The molecule has 0 spiro atoms. The quantitative estimate of drug-likeness (QED) is 0.855. The van der Waals surface area contributed by atoms with Gasteiger partial charge in [-0.1, -0.05) is 6.92 Å². The Morgan fingerprint density at radius 3 is 2.61 bits per heavy atom. The number of rotatable bonds is 6. The molecule has 0 aliphatic carbocycles. The van der Waals surface area contributed by atoms with Gasteiger partial charge in [-0.25, -0.2) is 13.1 Å². The minimum absolute atomic E-state index is 0.0000910. The summed E-state index contributed by atoms with van der Waals surface area (Å²) in [6.45, 7) is 1.79. The zero-order valence-corrected chi connectivity index (χ0v) is 10.6. The van der Waals surface area contributed by atoms with Crippen molar-refractivity contribution >= 4 is 10.0 Å². The van der Waals surface area contributed by atoms with Crippen molar-refractivity contribution in [2.45, 2.75) is 26.1 Å². The van der Waals surface area contributed by atoms with Crippen molar-refractivity contribution in [3.8, 4) is 0 Å². The summed E-state index contributed by atoms with van der Waals surface area (Å²) in [6.07, 6.45) is -2.83. The molecule has 0 aromatic carbocycles. The molecule has 0 saturated carbocycles. The fraction of sp³-hybridized carbons (Fsp3) is 0.667. The van der Waals surface area contributed by atoms with E-state index in [1.165, 1.54) is 0 Å². The van der Waals surface area contributed by atoms with Crippen molar-refractivity contribution < 1.29 is 21.6 Å². The van der Waals surface area contributed by atoms with Gasteiger partial charge >= 0.3 is 6.18 Å². The van der Waals surface area contributed by atoms with Crippen LogP contribution in [0.1, 0.15) is 19.0 Å². The average molecular weight is 285 g/mol. The molecule has 0 atom stereocenters. The Hall–Kier alpha value is -1.09. The normalized spacial score (nSPS) is 12.9. The van der Waals surface area contributed by atoms with Crippen molar-refractivity contribution in [2.24, 2.45) is 0 Å². The third-order valence-electron chi connectivity index (χ3n) is 2.07. The van der Waals surface area contributed by atoms with Gasteiger partial charge < -0.3 is 0 Å². The molecular weight excluding hydrogens is 271 g/mol. The van der Waals surface area contributed by atoms with Crippen LogP contribution in [0.25, 0.3) is 0 Å². The van der Waals surface area contributed by atoms with Gasteiger partial charge in [-0.05, 0) is 12.5 Å². The minimum Gasteiger partial charge on any atom is -0.271 e. The lowest BCUT2D eigenvalue weighted by Crippen LogP contribution is -2.29. The molecule has 0 aliphatic heterocycles. The molecule has 0 fully saturated rings. The third-order valence-corrected chi connectivity index (χ3v) is 3.66. The molecule has 0 amide bonds.